The van der Waals surface area contributed by atoms with Gasteiger partial charge in [-0.25, -0.2) is 0 Å². The van der Waals surface area contributed by atoms with Crippen molar-refractivity contribution in [2.75, 3.05) is 5.75 Å². The summed E-state index contributed by atoms with van der Waals surface area (Å²) in [4.78, 5) is 12.8. The molecule has 0 amide bonds. The summed E-state index contributed by atoms with van der Waals surface area (Å²) in [5.74, 6) is 0.874. The quantitative estimate of drug-likeness (QED) is 0.404. The van der Waals surface area contributed by atoms with Crippen molar-refractivity contribution in [1.82, 2.24) is 0 Å². The Kier molecular flexibility index (Phi) is 9.02. The lowest BCUT2D eigenvalue weighted by Gasteiger charge is -2.03. The van der Waals surface area contributed by atoms with Crippen molar-refractivity contribution in [2.45, 2.75) is 56.8 Å². The third-order valence-electron chi connectivity index (χ3n) is 3.03. The van der Waals surface area contributed by atoms with Crippen LogP contribution in [0.2, 0.25) is 5.02 Å². The van der Waals surface area contributed by atoms with Gasteiger partial charge in [0, 0.05) is 11.3 Å². The van der Waals surface area contributed by atoms with E-state index < -0.39 is 0 Å². The van der Waals surface area contributed by atoms with Gasteiger partial charge in [0.15, 0.2) is 0 Å². The van der Waals surface area contributed by atoms with Crippen molar-refractivity contribution in [3.8, 4) is 0 Å². The number of benzene rings is 1. The Morgan fingerprint density at radius 2 is 1.79 bits per heavy atom. The summed E-state index contributed by atoms with van der Waals surface area (Å²) in [7, 11) is 0. The maximum Gasteiger partial charge on any atom is 0.143 e. The first-order valence-electron chi connectivity index (χ1n) is 7.13. The molecule has 0 atom stereocenters. The third-order valence-corrected chi connectivity index (χ3v) is 4.61. The fraction of sp³-hybridized carbons (Fsp3) is 0.562. The maximum atomic E-state index is 11.8. The van der Waals surface area contributed by atoms with Gasteiger partial charge in [0.25, 0.3) is 0 Å². The predicted molar refractivity (Wildman–Crippen MR) is 85.2 cm³/mol. The van der Waals surface area contributed by atoms with Crippen LogP contribution in [-0.2, 0) is 4.79 Å². The molecule has 0 saturated heterocycles. The number of thioether (sulfide) groups is 1. The Bertz CT molecular complexity index is 379. The van der Waals surface area contributed by atoms with Gasteiger partial charge in [-0.05, 0) is 18.6 Å². The molecular formula is C16H23ClOS. The highest BCUT2D eigenvalue weighted by molar-refractivity contribution is 8.00. The number of hydrogen-bond acceptors (Lipinski definition) is 2. The first kappa shape index (κ1) is 16.6. The molecule has 0 spiro atoms. The highest BCUT2D eigenvalue weighted by atomic mass is 35.5. The Hall–Kier alpha value is -0.470. The van der Waals surface area contributed by atoms with Gasteiger partial charge in [-0.3, -0.25) is 4.79 Å². The van der Waals surface area contributed by atoms with Crippen LogP contribution in [0.15, 0.2) is 29.2 Å². The van der Waals surface area contributed by atoms with E-state index in [1.165, 1.54) is 32.1 Å². The van der Waals surface area contributed by atoms with E-state index in [2.05, 4.69) is 6.92 Å². The van der Waals surface area contributed by atoms with Crippen molar-refractivity contribution >= 4 is 29.1 Å². The number of ketones is 1. The van der Waals surface area contributed by atoms with Crippen LogP contribution >= 0.6 is 23.4 Å². The molecule has 1 rings (SSSR count). The molecular weight excluding hydrogens is 276 g/mol. The number of rotatable bonds is 10. The van der Waals surface area contributed by atoms with Crippen LogP contribution in [0.25, 0.3) is 0 Å². The molecule has 0 saturated carbocycles. The number of halogens is 1. The summed E-state index contributed by atoms with van der Waals surface area (Å²) >= 11 is 7.60. The molecule has 0 aliphatic carbocycles. The molecule has 0 N–H and O–H groups in total. The van der Waals surface area contributed by atoms with Gasteiger partial charge < -0.3 is 0 Å². The highest BCUT2D eigenvalue weighted by Gasteiger charge is 2.05. The van der Waals surface area contributed by atoms with E-state index in [1.54, 1.807) is 11.8 Å². The molecule has 0 aliphatic rings. The lowest BCUT2D eigenvalue weighted by atomic mass is 10.1. The molecule has 106 valence electrons. The second-order valence-electron chi connectivity index (χ2n) is 4.78. The van der Waals surface area contributed by atoms with Gasteiger partial charge in [-0.2, -0.15) is 0 Å². The molecule has 0 radical (unpaired) electrons. The van der Waals surface area contributed by atoms with E-state index in [0.29, 0.717) is 18.0 Å². The minimum absolute atomic E-state index is 0.334. The van der Waals surface area contributed by atoms with Crippen molar-refractivity contribution in [1.29, 1.82) is 0 Å². The van der Waals surface area contributed by atoms with Crippen molar-refractivity contribution < 1.29 is 4.79 Å². The molecule has 0 fully saturated rings. The van der Waals surface area contributed by atoms with Gasteiger partial charge in [-0.1, -0.05) is 62.8 Å². The summed E-state index contributed by atoms with van der Waals surface area (Å²) in [5.41, 5.74) is 0. The van der Waals surface area contributed by atoms with Crippen LogP contribution in [0.4, 0.5) is 0 Å². The average molecular weight is 299 g/mol. The molecule has 19 heavy (non-hydrogen) atoms. The molecule has 1 nitrogen and oxygen atoms in total. The van der Waals surface area contributed by atoms with Crippen LogP contribution in [0.3, 0.4) is 0 Å². The Morgan fingerprint density at radius 1 is 1.11 bits per heavy atom. The van der Waals surface area contributed by atoms with Crippen molar-refractivity contribution in [2.24, 2.45) is 0 Å². The van der Waals surface area contributed by atoms with E-state index in [9.17, 15) is 4.79 Å². The zero-order valence-corrected chi connectivity index (χ0v) is 13.2. The van der Waals surface area contributed by atoms with E-state index >= 15 is 0 Å². The fourth-order valence-electron chi connectivity index (χ4n) is 1.89. The average Bonchev–Trinajstić information content (AvgIpc) is 2.42. The molecule has 3 heteroatoms. The van der Waals surface area contributed by atoms with E-state index in [0.717, 1.165) is 16.3 Å². The number of carbonyl (C=O) groups excluding carboxylic acids is 1. The lowest BCUT2D eigenvalue weighted by Crippen LogP contribution is -2.01. The number of hydrogen-bond donors (Lipinski definition) is 0. The summed E-state index contributed by atoms with van der Waals surface area (Å²) in [6.07, 6.45) is 8.08. The van der Waals surface area contributed by atoms with E-state index in [1.807, 2.05) is 24.3 Å². The third kappa shape index (κ3) is 7.64. The van der Waals surface area contributed by atoms with Crippen LogP contribution in [0.1, 0.15) is 51.9 Å². The van der Waals surface area contributed by atoms with Crippen molar-refractivity contribution in [3.05, 3.63) is 29.3 Å². The van der Waals surface area contributed by atoms with Crippen LogP contribution in [0.5, 0.6) is 0 Å². The number of unbranched alkanes of at least 4 members (excludes halogenated alkanes) is 5. The molecule has 0 heterocycles. The lowest BCUT2D eigenvalue weighted by molar-refractivity contribution is -0.116. The zero-order valence-electron chi connectivity index (χ0n) is 11.7. The van der Waals surface area contributed by atoms with Gasteiger partial charge in [0.2, 0.25) is 0 Å². The normalized spacial score (nSPS) is 10.6. The van der Waals surface area contributed by atoms with Crippen LogP contribution in [0, 0.1) is 0 Å². The van der Waals surface area contributed by atoms with E-state index in [4.69, 9.17) is 11.6 Å². The van der Waals surface area contributed by atoms with Gasteiger partial charge in [0.05, 0.1) is 10.8 Å². The SMILES string of the molecule is CCCCCCCCC(=O)CSc1ccccc1Cl. The van der Waals surface area contributed by atoms with Gasteiger partial charge in [-0.15, -0.1) is 11.8 Å². The standard InChI is InChI=1S/C16H23ClOS/c1-2-3-4-5-6-7-10-14(18)13-19-16-12-9-8-11-15(16)17/h8-9,11-12H,2-7,10,13H2,1H3. The molecule has 1 aromatic rings. The minimum Gasteiger partial charge on any atom is -0.299 e. The summed E-state index contributed by atoms with van der Waals surface area (Å²) < 4.78 is 0. The maximum absolute atomic E-state index is 11.8. The molecule has 0 aliphatic heterocycles. The first-order valence-corrected chi connectivity index (χ1v) is 8.49. The van der Waals surface area contributed by atoms with E-state index in [-0.39, 0.29) is 0 Å². The Balaban J connectivity index is 2.10. The fourth-order valence-corrected chi connectivity index (χ4v) is 3.04. The van der Waals surface area contributed by atoms with Crippen LogP contribution in [-0.4, -0.2) is 11.5 Å². The molecule has 0 unspecified atom stereocenters. The van der Waals surface area contributed by atoms with Gasteiger partial charge in [0.1, 0.15) is 5.78 Å². The van der Waals surface area contributed by atoms with Crippen molar-refractivity contribution in [3.63, 3.8) is 0 Å². The zero-order chi connectivity index (χ0) is 13.9. The Labute approximate surface area is 126 Å². The summed E-state index contributed by atoms with van der Waals surface area (Å²) in [6.45, 7) is 2.22. The highest BCUT2D eigenvalue weighted by Crippen LogP contribution is 2.26. The molecule has 1 aromatic carbocycles. The largest absolute Gasteiger partial charge is 0.299 e. The first-order chi connectivity index (χ1) is 9.24. The monoisotopic (exact) mass is 298 g/mol. The summed E-state index contributed by atoms with van der Waals surface area (Å²) in [6, 6.07) is 7.68. The van der Waals surface area contributed by atoms with Crippen LogP contribution < -0.4 is 0 Å². The second-order valence-corrected chi connectivity index (χ2v) is 6.20. The minimum atomic E-state index is 0.334. The molecule has 0 bridgehead atoms. The number of Topliss-reactive ketones (excluding diaryl/α,β-unsaturated/α-hetero) is 1. The van der Waals surface area contributed by atoms with Gasteiger partial charge >= 0.3 is 0 Å². The second kappa shape index (κ2) is 10.3. The summed E-state index contributed by atoms with van der Waals surface area (Å²) in [5, 5.41) is 0.736. The molecule has 0 aromatic heterocycles. The number of carbonyl (C=O) groups is 1. The predicted octanol–water partition coefficient (Wildman–Crippen LogP) is 5.75. The smallest absolute Gasteiger partial charge is 0.143 e. The topological polar surface area (TPSA) is 17.1 Å². The Morgan fingerprint density at radius 3 is 2.53 bits per heavy atom.